The molecule has 0 aliphatic carbocycles. The van der Waals surface area contributed by atoms with E-state index in [1.807, 2.05) is 0 Å². The Hall–Kier alpha value is -0.895. The summed E-state index contributed by atoms with van der Waals surface area (Å²) in [6, 6.07) is 0. The molecule has 0 saturated carbocycles. The number of hydrogen-bond donors (Lipinski definition) is 0. The number of quaternary nitrogens is 7. The van der Waals surface area contributed by atoms with Gasteiger partial charge in [0.2, 0.25) is 0 Å². The summed E-state index contributed by atoms with van der Waals surface area (Å²) in [5, 5.41) is 25.2. The van der Waals surface area contributed by atoms with Crippen molar-refractivity contribution in [3.63, 3.8) is 0 Å². The van der Waals surface area contributed by atoms with E-state index in [-0.39, 0.29) is 18.8 Å². The Balaban J connectivity index is -0.0000000638. The molecule has 0 aromatic heterocycles. The lowest BCUT2D eigenvalue weighted by Gasteiger charge is -2.35. The van der Waals surface area contributed by atoms with E-state index in [0.29, 0.717) is 0 Å². The Bertz CT molecular complexity index is 853. The van der Waals surface area contributed by atoms with E-state index in [0.717, 1.165) is 123 Å². The lowest BCUT2D eigenvalue weighted by atomic mass is 10.3. The van der Waals surface area contributed by atoms with Crippen LogP contribution in [0.1, 0.15) is 96.9 Å². The maximum absolute atomic E-state index is 8.42. The van der Waals surface area contributed by atoms with E-state index in [9.17, 15) is 0 Å². The molecule has 0 aromatic carbocycles. The molecule has 22 heteroatoms. The van der Waals surface area contributed by atoms with Crippen molar-refractivity contribution in [2.24, 2.45) is 0 Å². The fraction of sp³-hybridized carbons (Fsp3) is 1.00. The first-order chi connectivity index (χ1) is 34.5. The van der Waals surface area contributed by atoms with Gasteiger partial charge in [0.05, 0.1) is 187 Å². The molecule has 0 aliphatic heterocycles. The first-order valence-electron chi connectivity index (χ1n) is 28.8. The number of hydrogen-bond acceptors (Lipinski definition) is 10. The number of likely N-dealkylation sites (N-methyl/N-ethyl adjacent to an activating group) is 7. The summed E-state index contributed by atoms with van der Waals surface area (Å²) in [7, 11) is 25.2. The second kappa shape index (κ2) is 68.6. The Labute approximate surface area is 484 Å². The molecule has 0 aromatic rings. The highest BCUT2D eigenvalue weighted by Crippen LogP contribution is 2.04. The molecule has 0 bridgehead atoms. The minimum atomic E-state index is -2.92. The summed E-state index contributed by atoms with van der Waals surface area (Å²) in [5.74, 6) is 0. The molecule has 0 fully saturated rings. The van der Waals surface area contributed by atoms with Crippen LogP contribution in [0.5, 0.6) is 0 Å². The molecule has 490 valence electrons. The van der Waals surface area contributed by atoms with Gasteiger partial charge in [-0.25, -0.2) is 0 Å². The highest BCUT2D eigenvalue weighted by Gasteiger charge is 2.19. The van der Waals surface area contributed by atoms with Crippen LogP contribution in [0.15, 0.2) is 0 Å². The summed E-state index contributed by atoms with van der Waals surface area (Å²) in [4.78, 5) is 0. The first-order valence-corrected chi connectivity index (χ1v) is 28.8. The van der Waals surface area contributed by atoms with Gasteiger partial charge < -0.3 is 98.4 Å². The van der Waals surface area contributed by atoms with Crippen LogP contribution >= 0.6 is 0 Å². The minimum Gasteiger partial charge on any atom is -1.00 e. The van der Waals surface area contributed by atoms with Gasteiger partial charge in [0, 0.05) is 49.8 Å². The highest BCUT2D eigenvalue weighted by molar-refractivity contribution is 6.24. The number of nitrogens with zero attached hydrogens (tertiary/aromatic N) is 7. The van der Waals surface area contributed by atoms with E-state index in [4.69, 9.17) is 48.2 Å². The molecule has 0 heterocycles. The van der Waals surface area contributed by atoms with Crippen LogP contribution in [0.2, 0.25) is 0 Å². The Morgan fingerprint density at radius 3 is 0.321 bits per heavy atom. The van der Waals surface area contributed by atoms with E-state index in [1.54, 1.807) is 49.8 Å². The van der Waals surface area contributed by atoms with Gasteiger partial charge in [-0.3, -0.25) is 7.32 Å². The maximum Gasteiger partial charge on any atom is 0.102 e. The SMILES string of the molecule is CC[N+](C)(CC)CCOC.CC[N+](C)(CC)CCOC.CC[N+](C)(CC)CCOC.CC[N+](C)(CC)CCOC.CC[N+](C)(CC)CCOC.CC[N+](C)(CC)CCOC.CC[N+](C)(CC)CCOC.[F-].[F-].[F-].[F-].[O-]B([O-])[O-]. The topological polar surface area (TPSA) is 134 Å². The van der Waals surface area contributed by atoms with Crippen molar-refractivity contribution in [3.05, 3.63) is 0 Å². The fourth-order valence-corrected chi connectivity index (χ4v) is 5.96. The second-order valence-corrected chi connectivity index (χ2v) is 21.1. The number of ether oxygens (including phenoxy) is 7. The van der Waals surface area contributed by atoms with Crippen molar-refractivity contribution in [3.8, 4) is 0 Å². The number of methoxy groups -OCH3 is 7. The van der Waals surface area contributed by atoms with Crippen LogP contribution in [0.4, 0.5) is 0 Å². The molecular formula is C56H140BF4N7O10. The Morgan fingerprint density at radius 1 is 0.218 bits per heavy atom. The first kappa shape index (κ1) is 105. The smallest absolute Gasteiger partial charge is 0.102 e. The Kier molecular flexibility index (Phi) is 92.7. The Morgan fingerprint density at radius 2 is 0.282 bits per heavy atom. The lowest BCUT2D eigenvalue weighted by Crippen LogP contribution is -3.00. The average Bonchev–Trinajstić information content (AvgIpc) is 3.43. The normalized spacial score (nSPS) is 11.1. The predicted octanol–water partition coefficient (Wildman–Crippen LogP) is -8.10. The average molecular weight is 1160 g/mol. The standard InChI is InChI=1S/7C8H20NO.BO3.4FH/c7*1-5-9(3,6-2)7-8-10-4;2-1(3)4;;;;/h7*5-8H2,1-4H3;;4*1H/q7*+1;-3;;;;/p-4. The van der Waals surface area contributed by atoms with Crippen molar-refractivity contribution in [2.45, 2.75) is 96.9 Å². The molecule has 0 N–H and O–H groups in total. The maximum atomic E-state index is 8.42. The predicted molar refractivity (Wildman–Crippen MR) is 314 cm³/mol. The van der Waals surface area contributed by atoms with Gasteiger partial charge in [-0.2, -0.15) is 0 Å². The van der Waals surface area contributed by atoms with Gasteiger partial charge in [-0.05, 0) is 96.9 Å². The molecule has 0 atom stereocenters. The zero-order valence-corrected chi connectivity index (χ0v) is 57.1. The quantitative estimate of drug-likeness (QED) is 0.0343. The van der Waals surface area contributed by atoms with E-state index in [2.05, 4.69) is 146 Å². The third-order valence-electron chi connectivity index (χ3n) is 16.5. The van der Waals surface area contributed by atoms with Crippen molar-refractivity contribution in [1.29, 1.82) is 0 Å². The fourth-order valence-electron chi connectivity index (χ4n) is 5.96. The monoisotopic (exact) mass is 1160 g/mol. The van der Waals surface area contributed by atoms with Crippen LogP contribution in [0, 0.1) is 0 Å². The molecule has 78 heavy (non-hydrogen) atoms. The zero-order chi connectivity index (χ0) is 59.8. The van der Waals surface area contributed by atoms with Crippen LogP contribution in [0.25, 0.3) is 0 Å². The molecule has 0 spiro atoms. The summed E-state index contributed by atoms with van der Waals surface area (Å²) < 4.78 is 43.0. The largest absolute Gasteiger partial charge is 1.00 e. The molecule has 0 unspecified atom stereocenters. The zero-order valence-electron chi connectivity index (χ0n) is 57.1. The van der Waals surface area contributed by atoms with Crippen molar-refractivity contribution < 1.29 is 98.4 Å². The van der Waals surface area contributed by atoms with Crippen molar-refractivity contribution in [2.75, 3.05) is 283 Å². The third kappa shape index (κ3) is 71.2. The van der Waals surface area contributed by atoms with Crippen LogP contribution in [0.3, 0.4) is 0 Å². The molecule has 0 radical (unpaired) electrons. The van der Waals surface area contributed by atoms with Gasteiger partial charge in [0.1, 0.15) is 45.8 Å². The summed E-state index contributed by atoms with van der Waals surface area (Å²) in [5.41, 5.74) is 0. The van der Waals surface area contributed by atoms with Crippen LogP contribution in [-0.2, 0) is 33.2 Å². The third-order valence-corrected chi connectivity index (χ3v) is 16.5. The van der Waals surface area contributed by atoms with Crippen molar-refractivity contribution in [1.82, 2.24) is 0 Å². The van der Waals surface area contributed by atoms with Crippen molar-refractivity contribution >= 4 is 7.32 Å². The lowest BCUT2D eigenvalue weighted by molar-refractivity contribution is -0.906. The molecule has 0 aliphatic rings. The van der Waals surface area contributed by atoms with Gasteiger partial charge in [-0.1, -0.05) is 0 Å². The van der Waals surface area contributed by atoms with Gasteiger partial charge >= 0.3 is 0 Å². The molecule has 17 nitrogen and oxygen atoms in total. The summed E-state index contributed by atoms with van der Waals surface area (Å²) in [6.45, 7) is 61.8. The minimum absolute atomic E-state index is 0. The van der Waals surface area contributed by atoms with E-state index in [1.165, 1.54) is 91.6 Å². The van der Waals surface area contributed by atoms with Gasteiger partial charge in [0.15, 0.2) is 0 Å². The molecule has 0 amide bonds. The van der Waals surface area contributed by atoms with E-state index >= 15 is 0 Å². The van der Waals surface area contributed by atoms with Crippen LogP contribution < -0.4 is 33.9 Å². The summed E-state index contributed by atoms with van der Waals surface area (Å²) in [6.07, 6.45) is 0. The molecule has 0 saturated heterocycles. The van der Waals surface area contributed by atoms with Gasteiger partial charge in [0.25, 0.3) is 0 Å². The number of rotatable bonds is 35. The van der Waals surface area contributed by atoms with Gasteiger partial charge in [-0.15, -0.1) is 0 Å². The van der Waals surface area contributed by atoms with Crippen LogP contribution in [-0.4, -0.2) is 321 Å². The highest BCUT2D eigenvalue weighted by atomic mass is 19.0. The second-order valence-electron chi connectivity index (χ2n) is 21.1. The number of halogens is 4. The molecule has 0 rings (SSSR count). The van der Waals surface area contributed by atoms with E-state index < -0.39 is 7.32 Å². The summed E-state index contributed by atoms with van der Waals surface area (Å²) >= 11 is 0. The molecular weight excluding hydrogens is 1020 g/mol.